The van der Waals surface area contributed by atoms with Gasteiger partial charge in [-0.1, -0.05) is 0 Å². The second-order valence-corrected chi connectivity index (χ2v) is 7.06. The van der Waals surface area contributed by atoms with Gasteiger partial charge < -0.3 is 14.2 Å². The lowest BCUT2D eigenvalue weighted by Gasteiger charge is -2.26. The van der Waals surface area contributed by atoms with Gasteiger partial charge in [-0.3, -0.25) is 9.59 Å². The molecule has 1 aromatic carbocycles. The average molecular weight is 378 g/mol. The topological polar surface area (TPSA) is 61.8 Å². The van der Waals surface area contributed by atoms with Crippen LogP contribution in [0.25, 0.3) is 0 Å². The van der Waals surface area contributed by atoms with Gasteiger partial charge in [-0.2, -0.15) is 13.2 Å². The SMILES string of the molecule is COc1cc2c(cc1OC)C(=O)[C@@](SC(F)(F)F)(C(=O)OC(C)C)C2. The number of Topliss-reactive ketones (excluding diaryl/α,β-unsaturated/α-hetero) is 1. The molecule has 0 saturated heterocycles. The molecule has 138 valence electrons. The minimum absolute atomic E-state index is 0.00453. The van der Waals surface area contributed by atoms with Crippen LogP contribution in [0.2, 0.25) is 0 Å². The second kappa shape index (κ2) is 6.78. The molecule has 0 spiro atoms. The van der Waals surface area contributed by atoms with Crippen LogP contribution in [0.1, 0.15) is 29.8 Å². The number of thioether (sulfide) groups is 1. The normalized spacial score (nSPS) is 19.8. The van der Waals surface area contributed by atoms with Crippen LogP contribution in [-0.2, 0) is 16.0 Å². The number of alkyl halides is 3. The van der Waals surface area contributed by atoms with Crippen molar-refractivity contribution in [3.63, 3.8) is 0 Å². The molecule has 0 aromatic heterocycles. The molecule has 5 nitrogen and oxygen atoms in total. The van der Waals surface area contributed by atoms with Crippen LogP contribution < -0.4 is 9.47 Å². The van der Waals surface area contributed by atoms with Crippen LogP contribution in [0.4, 0.5) is 13.2 Å². The van der Waals surface area contributed by atoms with Crippen molar-refractivity contribution in [1.29, 1.82) is 0 Å². The van der Waals surface area contributed by atoms with E-state index in [1.165, 1.54) is 40.2 Å². The van der Waals surface area contributed by atoms with Gasteiger partial charge in [0.25, 0.3) is 0 Å². The fourth-order valence-electron chi connectivity index (χ4n) is 2.64. The molecular formula is C16H17F3O5S. The van der Waals surface area contributed by atoms with E-state index >= 15 is 0 Å². The fourth-order valence-corrected chi connectivity index (χ4v) is 3.60. The van der Waals surface area contributed by atoms with Gasteiger partial charge in [0.15, 0.2) is 22.0 Å². The Labute approximate surface area is 146 Å². The Kier molecular flexibility index (Phi) is 5.27. The number of rotatable bonds is 5. The fraction of sp³-hybridized carbons (Fsp3) is 0.500. The van der Waals surface area contributed by atoms with E-state index in [0.29, 0.717) is 0 Å². The summed E-state index contributed by atoms with van der Waals surface area (Å²) in [6.07, 6.45) is -1.09. The van der Waals surface area contributed by atoms with Crippen LogP contribution >= 0.6 is 11.8 Å². The molecule has 0 amide bonds. The number of methoxy groups -OCH3 is 2. The molecule has 0 N–H and O–H groups in total. The predicted octanol–water partition coefficient (Wildman–Crippen LogP) is 3.39. The van der Waals surface area contributed by atoms with Crippen molar-refractivity contribution < 1.29 is 37.0 Å². The van der Waals surface area contributed by atoms with E-state index < -0.39 is 46.3 Å². The lowest BCUT2D eigenvalue weighted by atomic mass is 10.0. The summed E-state index contributed by atoms with van der Waals surface area (Å²) in [5.41, 5.74) is -4.52. The smallest absolute Gasteiger partial charge is 0.443 e. The van der Waals surface area contributed by atoms with Crippen LogP contribution in [0.15, 0.2) is 12.1 Å². The van der Waals surface area contributed by atoms with Crippen molar-refractivity contribution in [3.05, 3.63) is 23.3 Å². The Hall–Kier alpha value is -1.90. The maximum Gasteiger partial charge on any atom is 0.443 e. The Bertz CT molecular complexity index is 702. The number of esters is 1. The van der Waals surface area contributed by atoms with E-state index in [1.54, 1.807) is 0 Å². The highest BCUT2D eigenvalue weighted by Gasteiger charge is 2.59. The summed E-state index contributed by atoms with van der Waals surface area (Å²) < 4.78 is 52.0. The number of halogens is 3. The number of ketones is 1. The first kappa shape index (κ1) is 19.4. The molecule has 0 radical (unpaired) electrons. The molecule has 0 heterocycles. The summed E-state index contributed by atoms with van der Waals surface area (Å²) in [5, 5.41) is 0. The molecule has 1 aromatic rings. The Morgan fingerprint density at radius 3 is 2.24 bits per heavy atom. The lowest BCUT2D eigenvalue weighted by Crippen LogP contribution is -2.45. The highest BCUT2D eigenvalue weighted by molar-refractivity contribution is 8.03. The number of ether oxygens (including phenoxy) is 3. The van der Waals surface area contributed by atoms with Gasteiger partial charge in [0.2, 0.25) is 0 Å². The van der Waals surface area contributed by atoms with Crippen LogP contribution in [0.3, 0.4) is 0 Å². The van der Waals surface area contributed by atoms with E-state index in [9.17, 15) is 22.8 Å². The van der Waals surface area contributed by atoms with Gasteiger partial charge in [0.05, 0.1) is 20.3 Å². The molecular weight excluding hydrogens is 361 g/mol. The van der Waals surface area contributed by atoms with Crippen molar-refractivity contribution in [2.24, 2.45) is 0 Å². The van der Waals surface area contributed by atoms with Crippen molar-refractivity contribution in [3.8, 4) is 11.5 Å². The van der Waals surface area contributed by atoms with Gasteiger partial charge in [-0.15, -0.1) is 0 Å². The zero-order valence-corrected chi connectivity index (χ0v) is 14.8. The largest absolute Gasteiger partial charge is 0.493 e. The molecule has 1 aliphatic rings. The van der Waals surface area contributed by atoms with Crippen molar-refractivity contribution in [1.82, 2.24) is 0 Å². The van der Waals surface area contributed by atoms with Gasteiger partial charge in [0.1, 0.15) is 0 Å². The van der Waals surface area contributed by atoms with Crippen molar-refractivity contribution in [2.75, 3.05) is 14.2 Å². The molecule has 0 saturated carbocycles. The Morgan fingerprint density at radius 1 is 1.20 bits per heavy atom. The third-order valence-electron chi connectivity index (χ3n) is 3.62. The summed E-state index contributed by atoms with van der Waals surface area (Å²) in [6.45, 7) is 3.00. The highest BCUT2D eigenvalue weighted by Crippen LogP contribution is 2.50. The monoisotopic (exact) mass is 378 g/mol. The number of hydrogen-bond acceptors (Lipinski definition) is 6. The molecule has 1 aliphatic carbocycles. The van der Waals surface area contributed by atoms with E-state index in [2.05, 4.69) is 0 Å². The number of fused-ring (bicyclic) bond motifs is 1. The maximum atomic E-state index is 13.1. The quantitative estimate of drug-likeness (QED) is 0.578. The summed E-state index contributed by atoms with van der Waals surface area (Å²) in [7, 11) is 2.71. The summed E-state index contributed by atoms with van der Waals surface area (Å²) >= 11 is -0.652. The minimum atomic E-state index is -4.79. The molecule has 0 fully saturated rings. The average Bonchev–Trinajstić information content (AvgIpc) is 2.76. The first-order valence-electron chi connectivity index (χ1n) is 7.31. The third kappa shape index (κ3) is 3.70. The zero-order valence-electron chi connectivity index (χ0n) is 14.0. The van der Waals surface area contributed by atoms with Crippen LogP contribution in [-0.4, -0.2) is 42.3 Å². The number of benzene rings is 1. The first-order chi connectivity index (χ1) is 11.5. The van der Waals surface area contributed by atoms with Gasteiger partial charge in [-0.05, 0) is 43.3 Å². The second-order valence-electron chi connectivity index (χ2n) is 5.70. The van der Waals surface area contributed by atoms with E-state index in [-0.39, 0.29) is 22.6 Å². The van der Waals surface area contributed by atoms with Crippen LogP contribution in [0, 0.1) is 0 Å². The predicted molar refractivity (Wildman–Crippen MR) is 85.2 cm³/mol. The Morgan fingerprint density at radius 2 is 1.76 bits per heavy atom. The molecule has 2 rings (SSSR count). The maximum absolute atomic E-state index is 13.1. The number of hydrogen-bond donors (Lipinski definition) is 0. The highest BCUT2D eigenvalue weighted by atomic mass is 32.2. The van der Waals surface area contributed by atoms with Crippen molar-refractivity contribution >= 4 is 23.5 Å². The van der Waals surface area contributed by atoms with Gasteiger partial charge >= 0.3 is 11.5 Å². The van der Waals surface area contributed by atoms with E-state index in [4.69, 9.17) is 14.2 Å². The number of carbonyl (C=O) groups excluding carboxylic acids is 2. The molecule has 0 unspecified atom stereocenters. The molecule has 25 heavy (non-hydrogen) atoms. The molecule has 0 aliphatic heterocycles. The first-order valence-corrected chi connectivity index (χ1v) is 8.13. The summed E-state index contributed by atoms with van der Waals surface area (Å²) in [4.78, 5) is 25.2. The van der Waals surface area contributed by atoms with Gasteiger partial charge in [0, 0.05) is 12.0 Å². The van der Waals surface area contributed by atoms with E-state index in [0.717, 1.165) is 0 Å². The molecule has 1 atom stereocenters. The van der Waals surface area contributed by atoms with Gasteiger partial charge in [-0.25, -0.2) is 0 Å². The molecule has 0 bridgehead atoms. The number of carbonyl (C=O) groups is 2. The minimum Gasteiger partial charge on any atom is -0.493 e. The summed E-state index contributed by atoms with van der Waals surface area (Å²) in [6, 6.07) is 2.70. The third-order valence-corrected chi connectivity index (χ3v) is 4.70. The Balaban J connectivity index is 2.55. The van der Waals surface area contributed by atoms with E-state index in [1.807, 2.05) is 0 Å². The molecule has 9 heteroatoms. The lowest BCUT2D eigenvalue weighted by molar-refractivity contribution is -0.149. The van der Waals surface area contributed by atoms with Crippen molar-refractivity contribution in [2.45, 2.75) is 36.6 Å². The summed E-state index contributed by atoms with van der Waals surface area (Å²) in [5.74, 6) is -1.70. The standard InChI is InChI=1S/C16H17F3O5S/c1-8(2)24-14(21)15(25-16(17,18)19)7-9-5-11(22-3)12(23-4)6-10(9)13(15)20/h5-6,8H,7H2,1-4H3/t15-/m1/s1. The van der Waals surface area contributed by atoms with Crippen LogP contribution in [0.5, 0.6) is 11.5 Å². The zero-order chi connectivity index (χ0) is 19.0.